The van der Waals surface area contributed by atoms with Crippen LogP contribution in [0.15, 0.2) is 52.5 Å². The lowest BCUT2D eigenvalue weighted by Crippen LogP contribution is -2.39. The second kappa shape index (κ2) is 10.1. The zero-order chi connectivity index (χ0) is 21.5. The molecule has 0 aliphatic carbocycles. The minimum Gasteiger partial charge on any atom is -0.467 e. The van der Waals surface area contributed by atoms with E-state index in [1.807, 2.05) is 38.1 Å². The summed E-state index contributed by atoms with van der Waals surface area (Å²) in [4.78, 5) is 31.3. The van der Waals surface area contributed by atoms with Crippen LogP contribution in [0.25, 0.3) is 0 Å². The van der Waals surface area contributed by atoms with Crippen molar-refractivity contribution in [1.82, 2.24) is 15.2 Å². The Kier molecular flexibility index (Phi) is 7.24. The maximum Gasteiger partial charge on any atom is 0.322 e. The number of thiazole rings is 1. The number of hydrogen-bond donors (Lipinski definition) is 2. The molecule has 0 aliphatic rings. The van der Waals surface area contributed by atoms with Gasteiger partial charge in [-0.25, -0.2) is 9.78 Å². The molecule has 1 aromatic carbocycles. The molecule has 0 radical (unpaired) electrons. The summed E-state index contributed by atoms with van der Waals surface area (Å²) in [6.45, 7) is 6.59. The summed E-state index contributed by atoms with van der Waals surface area (Å²) in [6, 6.07) is 11.1. The molecule has 0 saturated carbocycles. The Morgan fingerprint density at radius 1 is 1.20 bits per heavy atom. The standard InChI is InChI=1S/C22H26N4O3S/c1-4-16-8-5-6-10-18(16)25-22(28)26(15(2)3)13-20-24-19(14-30-20)21(27)23-12-17-9-7-11-29-17/h5-11,14-15H,4,12-13H2,1-3H3,(H,23,27)(H,25,28). The number of para-hydroxylation sites is 1. The lowest BCUT2D eigenvalue weighted by molar-refractivity contribution is 0.0943. The second-order valence-electron chi connectivity index (χ2n) is 7.05. The number of nitrogens with zero attached hydrogens (tertiary/aromatic N) is 2. The molecule has 3 amide bonds. The van der Waals surface area contributed by atoms with E-state index in [1.54, 1.807) is 28.7 Å². The molecule has 2 heterocycles. The normalized spacial score (nSPS) is 10.8. The highest BCUT2D eigenvalue weighted by Crippen LogP contribution is 2.19. The van der Waals surface area contributed by atoms with Crippen LogP contribution in [-0.4, -0.2) is 27.9 Å². The van der Waals surface area contributed by atoms with Crippen LogP contribution in [0.3, 0.4) is 0 Å². The van der Waals surface area contributed by atoms with Crippen LogP contribution in [0.5, 0.6) is 0 Å². The minimum absolute atomic E-state index is 0.0288. The molecule has 0 atom stereocenters. The van der Waals surface area contributed by atoms with Crippen molar-refractivity contribution in [1.29, 1.82) is 0 Å². The molecule has 0 spiro atoms. The highest BCUT2D eigenvalue weighted by molar-refractivity contribution is 7.09. The summed E-state index contributed by atoms with van der Waals surface area (Å²) < 4.78 is 5.21. The van der Waals surface area contributed by atoms with Gasteiger partial charge >= 0.3 is 6.03 Å². The van der Waals surface area contributed by atoms with Crippen LogP contribution in [0.4, 0.5) is 10.5 Å². The zero-order valence-electron chi connectivity index (χ0n) is 17.3. The number of amides is 3. The van der Waals surface area contributed by atoms with Gasteiger partial charge in [0.1, 0.15) is 16.5 Å². The van der Waals surface area contributed by atoms with Gasteiger partial charge in [-0.1, -0.05) is 25.1 Å². The number of anilines is 1. The van der Waals surface area contributed by atoms with Gasteiger partial charge in [0.25, 0.3) is 5.91 Å². The molecule has 3 rings (SSSR count). The van der Waals surface area contributed by atoms with Crippen molar-refractivity contribution < 1.29 is 14.0 Å². The van der Waals surface area contributed by atoms with E-state index in [0.717, 1.165) is 17.7 Å². The molecular formula is C22H26N4O3S. The van der Waals surface area contributed by atoms with Gasteiger partial charge in [-0.2, -0.15) is 0 Å². The van der Waals surface area contributed by atoms with Crippen LogP contribution >= 0.6 is 11.3 Å². The lowest BCUT2D eigenvalue weighted by Gasteiger charge is -2.26. The number of furan rings is 1. The average molecular weight is 427 g/mol. The smallest absolute Gasteiger partial charge is 0.322 e. The molecule has 0 bridgehead atoms. The monoisotopic (exact) mass is 426 g/mol. The van der Waals surface area contributed by atoms with E-state index in [4.69, 9.17) is 4.42 Å². The van der Waals surface area contributed by atoms with Crippen LogP contribution < -0.4 is 10.6 Å². The maximum absolute atomic E-state index is 12.9. The molecule has 158 valence electrons. The number of hydrogen-bond acceptors (Lipinski definition) is 5. The van der Waals surface area contributed by atoms with E-state index in [1.165, 1.54) is 11.3 Å². The number of benzene rings is 1. The molecule has 3 aromatic rings. The number of nitrogens with one attached hydrogen (secondary N) is 2. The van der Waals surface area contributed by atoms with E-state index < -0.39 is 0 Å². The minimum atomic E-state index is -0.272. The fraction of sp³-hybridized carbons (Fsp3) is 0.318. The number of carbonyl (C=O) groups is 2. The van der Waals surface area contributed by atoms with Gasteiger partial charge in [0, 0.05) is 17.1 Å². The Bertz CT molecular complexity index is 982. The summed E-state index contributed by atoms with van der Waals surface area (Å²) in [7, 11) is 0. The van der Waals surface area contributed by atoms with Crippen molar-refractivity contribution in [3.63, 3.8) is 0 Å². The zero-order valence-corrected chi connectivity index (χ0v) is 18.2. The summed E-state index contributed by atoms with van der Waals surface area (Å²) in [5.74, 6) is 0.403. The third-order valence-corrected chi connectivity index (χ3v) is 5.45. The van der Waals surface area contributed by atoms with Gasteiger partial charge in [0.15, 0.2) is 0 Å². The van der Waals surface area contributed by atoms with Crippen molar-refractivity contribution in [3.05, 3.63) is 70.1 Å². The predicted molar refractivity (Wildman–Crippen MR) is 118 cm³/mol. The van der Waals surface area contributed by atoms with Crippen LogP contribution in [0, 0.1) is 0 Å². The molecule has 8 heteroatoms. The van der Waals surface area contributed by atoms with Crippen molar-refractivity contribution in [3.8, 4) is 0 Å². The first-order valence-corrected chi connectivity index (χ1v) is 10.8. The van der Waals surface area contributed by atoms with Crippen molar-refractivity contribution in [2.75, 3.05) is 5.32 Å². The first kappa shape index (κ1) is 21.6. The van der Waals surface area contributed by atoms with E-state index in [9.17, 15) is 9.59 Å². The van der Waals surface area contributed by atoms with Gasteiger partial charge < -0.3 is 20.0 Å². The van der Waals surface area contributed by atoms with Crippen molar-refractivity contribution in [2.24, 2.45) is 0 Å². The van der Waals surface area contributed by atoms with E-state index in [2.05, 4.69) is 22.5 Å². The average Bonchev–Trinajstić information content (AvgIpc) is 3.42. The SMILES string of the molecule is CCc1ccccc1NC(=O)N(Cc1nc(C(=O)NCc2ccco2)cs1)C(C)C. The summed E-state index contributed by atoms with van der Waals surface area (Å²) in [6.07, 6.45) is 2.40. The Labute approximate surface area is 180 Å². The number of urea groups is 1. The number of carbonyl (C=O) groups excluding carboxylic acids is 2. The number of rotatable bonds is 8. The second-order valence-corrected chi connectivity index (χ2v) is 7.99. The summed E-state index contributed by atoms with van der Waals surface area (Å²) in [5, 5.41) is 8.18. The highest BCUT2D eigenvalue weighted by atomic mass is 32.1. The Balaban J connectivity index is 1.63. The van der Waals surface area contributed by atoms with Crippen LogP contribution in [0.2, 0.25) is 0 Å². The van der Waals surface area contributed by atoms with Gasteiger partial charge in [0.2, 0.25) is 0 Å². The predicted octanol–water partition coefficient (Wildman–Crippen LogP) is 4.67. The Morgan fingerprint density at radius 2 is 2.00 bits per heavy atom. The molecule has 0 unspecified atom stereocenters. The van der Waals surface area contributed by atoms with Crippen LogP contribution in [0.1, 0.15) is 47.6 Å². The fourth-order valence-electron chi connectivity index (χ4n) is 2.93. The van der Waals surface area contributed by atoms with E-state index in [-0.39, 0.29) is 18.0 Å². The third-order valence-electron chi connectivity index (χ3n) is 4.62. The molecule has 0 aliphatic heterocycles. The first-order chi connectivity index (χ1) is 14.5. The fourth-order valence-corrected chi connectivity index (χ4v) is 3.70. The van der Waals surface area contributed by atoms with Gasteiger partial charge in [-0.15, -0.1) is 11.3 Å². The molecule has 2 N–H and O–H groups in total. The van der Waals surface area contributed by atoms with Crippen LogP contribution in [-0.2, 0) is 19.5 Å². The molecule has 0 saturated heterocycles. The quantitative estimate of drug-likeness (QED) is 0.548. The van der Waals surface area contributed by atoms with Gasteiger partial charge in [-0.3, -0.25) is 4.79 Å². The number of aryl methyl sites for hydroxylation is 1. The summed E-state index contributed by atoms with van der Waals surface area (Å²) >= 11 is 1.36. The third kappa shape index (κ3) is 5.48. The largest absolute Gasteiger partial charge is 0.467 e. The van der Waals surface area contributed by atoms with E-state index >= 15 is 0 Å². The Morgan fingerprint density at radius 3 is 2.70 bits per heavy atom. The maximum atomic E-state index is 12.9. The molecule has 2 aromatic heterocycles. The Hall–Kier alpha value is -3.13. The van der Waals surface area contributed by atoms with E-state index in [0.29, 0.717) is 29.6 Å². The number of aromatic nitrogens is 1. The van der Waals surface area contributed by atoms with Gasteiger partial charge in [0.05, 0.1) is 19.4 Å². The lowest BCUT2D eigenvalue weighted by atomic mass is 10.1. The topological polar surface area (TPSA) is 87.5 Å². The molecule has 30 heavy (non-hydrogen) atoms. The highest BCUT2D eigenvalue weighted by Gasteiger charge is 2.21. The first-order valence-electron chi connectivity index (χ1n) is 9.88. The summed E-state index contributed by atoms with van der Waals surface area (Å²) in [5.41, 5.74) is 2.23. The molecule has 0 fully saturated rings. The van der Waals surface area contributed by atoms with Gasteiger partial charge in [-0.05, 0) is 44.0 Å². The molecular weight excluding hydrogens is 400 g/mol. The van der Waals surface area contributed by atoms with Crippen molar-refractivity contribution in [2.45, 2.75) is 46.3 Å². The molecule has 7 nitrogen and oxygen atoms in total. The van der Waals surface area contributed by atoms with Crippen molar-refractivity contribution >= 4 is 29.0 Å².